The zero-order chi connectivity index (χ0) is 21.0. The maximum atomic E-state index is 13.1. The molecule has 13 heteroatoms. The highest BCUT2D eigenvalue weighted by Gasteiger charge is 2.35. The molecule has 0 atom stereocenters. The molecule has 0 saturated carbocycles. The Hall–Kier alpha value is -2.93. The molecule has 0 aliphatic carbocycles. The van der Waals surface area contributed by atoms with Gasteiger partial charge in [-0.05, 0) is 17.5 Å². The largest absolute Gasteiger partial charge is 0.418 e. The minimum atomic E-state index is -4.86. The molecule has 1 amide bonds. The van der Waals surface area contributed by atoms with Crippen molar-refractivity contribution in [1.82, 2.24) is 15.2 Å². The number of carbonyl (C=O) groups excluding carboxylic acids is 1. The second kappa shape index (κ2) is 8.61. The summed E-state index contributed by atoms with van der Waals surface area (Å²) in [6.07, 6.45) is -4.31. The first kappa shape index (κ1) is 20.8. The van der Waals surface area contributed by atoms with Crippen LogP contribution >= 0.6 is 23.1 Å². The summed E-state index contributed by atoms with van der Waals surface area (Å²) in [5.41, 5.74) is -2.56. The third-order valence-electron chi connectivity index (χ3n) is 3.56. The van der Waals surface area contributed by atoms with E-state index in [-0.39, 0.29) is 10.9 Å². The van der Waals surface area contributed by atoms with Gasteiger partial charge in [0.2, 0.25) is 11.1 Å². The van der Waals surface area contributed by atoms with Crippen molar-refractivity contribution in [2.45, 2.75) is 17.8 Å². The fourth-order valence-electron chi connectivity index (χ4n) is 2.31. The minimum absolute atomic E-state index is 0.232. The van der Waals surface area contributed by atoms with E-state index in [1.54, 1.807) is 11.3 Å². The molecule has 2 aromatic heterocycles. The van der Waals surface area contributed by atoms with Crippen LogP contribution in [0.5, 0.6) is 0 Å². The number of aromatic nitrogens is 3. The van der Waals surface area contributed by atoms with Crippen LogP contribution in [0.15, 0.2) is 40.9 Å². The number of anilines is 1. The molecule has 0 unspecified atom stereocenters. The number of thiophene rings is 1. The van der Waals surface area contributed by atoms with Gasteiger partial charge >= 0.3 is 6.18 Å². The number of non-ortho nitro benzene ring substituents is 1. The molecule has 0 fully saturated rings. The first-order valence-corrected chi connectivity index (χ1v) is 9.81. The quantitative estimate of drug-likeness (QED) is 0.323. The van der Waals surface area contributed by atoms with Crippen molar-refractivity contribution in [1.29, 1.82) is 0 Å². The van der Waals surface area contributed by atoms with Gasteiger partial charge in [-0.25, -0.2) is 4.98 Å². The molecule has 1 aromatic carbocycles. The standard InChI is InChI=1S/C16H12F3N5O3S2/c17-16(18,19)11-6-9(24(26)27)3-4-12(11)20-14(25)8-29-15-21-13(22-23-15)7-10-2-1-5-28-10/h1-6H,7-8H2,(H,20,25)(H,21,22,23). The van der Waals surface area contributed by atoms with Gasteiger partial charge in [0.25, 0.3) is 5.69 Å². The molecule has 0 aliphatic heterocycles. The van der Waals surface area contributed by atoms with Crippen LogP contribution in [0.4, 0.5) is 24.5 Å². The van der Waals surface area contributed by atoms with E-state index in [2.05, 4.69) is 20.5 Å². The van der Waals surface area contributed by atoms with E-state index in [9.17, 15) is 28.1 Å². The summed E-state index contributed by atoms with van der Waals surface area (Å²) in [7, 11) is 0. The third-order valence-corrected chi connectivity index (χ3v) is 5.28. The van der Waals surface area contributed by atoms with E-state index in [0.29, 0.717) is 18.3 Å². The molecule has 0 radical (unpaired) electrons. The Morgan fingerprint density at radius 3 is 2.79 bits per heavy atom. The molecule has 29 heavy (non-hydrogen) atoms. The van der Waals surface area contributed by atoms with Crippen LogP contribution in [0.2, 0.25) is 0 Å². The zero-order valence-electron chi connectivity index (χ0n) is 14.4. The van der Waals surface area contributed by atoms with Gasteiger partial charge in [-0.3, -0.25) is 20.0 Å². The Labute approximate surface area is 169 Å². The predicted octanol–water partition coefficient (Wildman–Crippen LogP) is 4.11. The Morgan fingerprint density at radius 1 is 1.34 bits per heavy atom. The van der Waals surface area contributed by atoms with Gasteiger partial charge in [0.15, 0.2) is 0 Å². The molecule has 2 N–H and O–H groups in total. The van der Waals surface area contributed by atoms with Crippen LogP contribution in [-0.4, -0.2) is 31.8 Å². The lowest BCUT2D eigenvalue weighted by atomic mass is 10.1. The van der Waals surface area contributed by atoms with E-state index in [1.807, 2.05) is 17.5 Å². The highest BCUT2D eigenvalue weighted by molar-refractivity contribution is 7.99. The fourth-order valence-corrected chi connectivity index (χ4v) is 3.63. The molecule has 0 bridgehead atoms. The van der Waals surface area contributed by atoms with Crippen molar-refractivity contribution < 1.29 is 22.9 Å². The van der Waals surface area contributed by atoms with Crippen molar-refractivity contribution in [2.75, 3.05) is 11.1 Å². The molecule has 8 nitrogen and oxygen atoms in total. The number of thioether (sulfide) groups is 1. The molecule has 3 aromatic rings. The smallest absolute Gasteiger partial charge is 0.325 e. The van der Waals surface area contributed by atoms with Crippen LogP contribution in [0.1, 0.15) is 16.3 Å². The summed E-state index contributed by atoms with van der Waals surface area (Å²) >= 11 is 2.51. The van der Waals surface area contributed by atoms with E-state index in [4.69, 9.17) is 0 Å². The second-order valence-corrected chi connectivity index (χ2v) is 7.62. The van der Waals surface area contributed by atoms with Crippen molar-refractivity contribution >= 4 is 40.4 Å². The normalized spacial score (nSPS) is 11.4. The zero-order valence-corrected chi connectivity index (χ0v) is 16.0. The number of halogens is 3. The number of nitro groups is 1. The molecule has 0 aliphatic rings. The number of alkyl halides is 3. The summed E-state index contributed by atoms with van der Waals surface area (Å²) in [4.78, 5) is 27.1. The fraction of sp³-hybridized carbons (Fsp3) is 0.188. The van der Waals surface area contributed by atoms with E-state index in [0.717, 1.165) is 28.8 Å². The highest BCUT2D eigenvalue weighted by atomic mass is 32.2. The number of nitro benzene ring substituents is 1. The van der Waals surface area contributed by atoms with Gasteiger partial charge in [0, 0.05) is 23.4 Å². The van der Waals surface area contributed by atoms with E-state index in [1.165, 1.54) is 0 Å². The number of nitrogens with one attached hydrogen (secondary N) is 2. The number of carbonyl (C=O) groups is 1. The molecular weight excluding hydrogens is 431 g/mol. The molecule has 0 saturated heterocycles. The van der Waals surface area contributed by atoms with E-state index < -0.39 is 33.9 Å². The average molecular weight is 443 g/mol. The predicted molar refractivity (Wildman–Crippen MR) is 101 cm³/mol. The molecule has 0 spiro atoms. The van der Waals surface area contributed by atoms with Crippen molar-refractivity contribution in [3.05, 3.63) is 62.1 Å². The number of hydrogen-bond acceptors (Lipinski definition) is 7. The molecule has 152 valence electrons. The molecule has 2 heterocycles. The Bertz CT molecular complexity index is 1020. The summed E-state index contributed by atoms with van der Waals surface area (Å²) in [6, 6.07) is 5.98. The topological polar surface area (TPSA) is 114 Å². The van der Waals surface area contributed by atoms with Gasteiger partial charge in [-0.2, -0.15) is 13.2 Å². The van der Waals surface area contributed by atoms with Gasteiger partial charge in [-0.15, -0.1) is 16.4 Å². The lowest BCUT2D eigenvalue weighted by molar-refractivity contribution is -0.385. The lowest BCUT2D eigenvalue weighted by Gasteiger charge is -2.13. The third kappa shape index (κ3) is 5.54. The van der Waals surface area contributed by atoms with Gasteiger partial charge in [0.05, 0.1) is 21.9 Å². The van der Waals surface area contributed by atoms with Crippen LogP contribution in [0, 0.1) is 10.1 Å². The first-order valence-electron chi connectivity index (χ1n) is 7.94. The number of H-pyrrole nitrogens is 1. The number of amides is 1. The maximum absolute atomic E-state index is 13.1. The maximum Gasteiger partial charge on any atom is 0.418 e. The van der Waals surface area contributed by atoms with Crippen LogP contribution < -0.4 is 5.32 Å². The molecular formula is C16H12F3N5O3S2. The van der Waals surface area contributed by atoms with Crippen LogP contribution in [-0.2, 0) is 17.4 Å². The Kier molecular flexibility index (Phi) is 6.17. The van der Waals surface area contributed by atoms with E-state index >= 15 is 0 Å². The SMILES string of the molecule is O=C(CSc1n[nH]c(Cc2cccs2)n1)Nc1ccc([N+](=O)[O-])cc1C(F)(F)F. The lowest BCUT2D eigenvalue weighted by Crippen LogP contribution is -2.18. The monoisotopic (exact) mass is 443 g/mol. The van der Waals surface area contributed by atoms with Crippen LogP contribution in [0.25, 0.3) is 0 Å². The summed E-state index contributed by atoms with van der Waals surface area (Å²) in [5.74, 6) is -0.353. The molecule has 3 rings (SSSR count). The number of rotatable bonds is 7. The first-order chi connectivity index (χ1) is 13.7. The van der Waals surface area contributed by atoms with Crippen molar-refractivity contribution in [3.8, 4) is 0 Å². The number of benzene rings is 1. The Balaban J connectivity index is 1.62. The van der Waals surface area contributed by atoms with Gasteiger partial charge < -0.3 is 5.32 Å². The van der Waals surface area contributed by atoms with Crippen molar-refractivity contribution in [3.63, 3.8) is 0 Å². The van der Waals surface area contributed by atoms with Crippen molar-refractivity contribution in [2.24, 2.45) is 0 Å². The number of hydrogen-bond donors (Lipinski definition) is 2. The second-order valence-electron chi connectivity index (χ2n) is 5.64. The van der Waals surface area contributed by atoms with Gasteiger partial charge in [-0.1, -0.05) is 17.8 Å². The summed E-state index contributed by atoms with van der Waals surface area (Å²) in [6.45, 7) is 0. The number of nitrogens with zero attached hydrogens (tertiary/aromatic N) is 3. The van der Waals surface area contributed by atoms with Crippen LogP contribution in [0.3, 0.4) is 0 Å². The van der Waals surface area contributed by atoms with Gasteiger partial charge in [0.1, 0.15) is 5.82 Å². The number of aromatic amines is 1. The summed E-state index contributed by atoms with van der Waals surface area (Å²) < 4.78 is 39.4. The average Bonchev–Trinajstić information content (AvgIpc) is 3.31. The minimum Gasteiger partial charge on any atom is -0.325 e. The highest BCUT2D eigenvalue weighted by Crippen LogP contribution is 2.37. The summed E-state index contributed by atoms with van der Waals surface area (Å²) in [5, 5.41) is 21.8. The Morgan fingerprint density at radius 2 is 2.14 bits per heavy atom.